The molecule has 1 saturated carbocycles. The number of amides is 2. The van der Waals surface area contributed by atoms with Crippen LogP contribution in [0.3, 0.4) is 0 Å². The number of hydrogen-bond acceptors (Lipinski definition) is 4. The Morgan fingerprint density at radius 2 is 1.93 bits per heavy atom. The standard InChI is InChI=1S/C20H24FN3O4/c21-13-3-1-11(2-4-13)12-5-6-24(9-12)18(26)16-14(19(27)28)7-20(10-23-16)8-15(20)17(22)25/h1-4,12,14-16,23H,5-10H2,(H2,22,25)(H,27,28). The summed E-state index contributed by atoms with van der Waals surface area (Å²) in [6.07, 6.45) is 1.63. The Labute approximate surface area is 162 Å². The van der Waals surface area contributed by atoms with E-state index in [4.69, 9.17) is 5.73 Å². The van der Waals surface area contributed by atoms with Gasteiger partial charge in [0.2, 0.25) is 11.8 Å². The van der Waals surface area contributed by atoms with Crippen LogP contribution in [-0.4, -0.2) is 53.5 Å². The van der Waals surface area contributed by atoms with Crippen molar-refractivity contribution in [3.8, 4) is 0 Å². The third-order valence-corrected chi connectivity index (χ3v) is 6.66. The molecule has 1 spiro atoms. The minimum Gasteiger partial charge on any atom is -0.481 e. The number of likely N-dealkylation sites (tertiary alicyclic amines) is 1. The highest BCUT2D eigenvalue weighted by atomic mass is 19.1. The Morgan fingerprint density at radius 3 is 2.54 bits per heavy atom. The number of rotatable bonds is 4. The second kappa shape index (κ2) is 6.84. The number of piperidine rings is 1. The van der Waals surface area contributed by atoms with Gasteiger partial charge in [-0.25, -0.2) is 4.39 Å². The summed E-state index contributed by atoms with van der Waals surface area (Å²) in [4.78, 5) is 38.0. The van der Waals surface area contributed by atoms with E-state index in [1.165, 1.54) is 12.1 Å². The van der Waals surface area contributed by atoms with Gasteiger partial charge >= 0.3 is 5.97 Å². The molecule has 3 fully saturated rings. The molecule has 0 aromatic heterocycles. The van der Waals surface area contributed by atoms with Crippen molar-refractivity contribution >= 4 is 17.8 Å². The average Bonchev–Trinajstić information content (AvgIpc) is 3.14. The predicted octanol–water partition coefficient (Wildman–Crippen LogP) is 0.696. The summed E-state index contributed by atoms with van der Waals surface area (Å²) in [5.41, 5.74) is 5.94. The normalized spacial score (nSPS) is 34.4. The van der Waals surface area contributed by atoms with Crippen molar-refractivity contribution in [1.82, 2.24) is 10.2 Å². The second-order valence-corrected chi connectivity index (χ2v) is 8.35. The third-order valence-electron chi connectivity index (χ3n) is 6.66. The van der Waals surface area contributed by atoms with Crippen LogP contribution in [0.2, 0.25) is 0 Å². The monoisotopic (exact) mass is 389 g/mol. The van der Waals surface area contributed by atoms with Crippen LogP contribution in [0.15, 0.2) is 24.3 Å². The minimum atomic E-state index is -1.03. The molecule has 2 aliphatic heterocycles. The number of nitrogens with zero attached hydrogens (tertiary/aromatic N) is 1. The summed E-state index contributed by atoms with van der Waals surface area (Å²) >= 11 is 0. The molecule has 2 saturated heterocycles. The summed E-state index contributed by atoms with van der Waals surface area (Å²) in [5, 5.41) is 12.8. The zero-order chi connectivity index (χ0) is 20.1. The van der Waals surface area contributed by atoms with Crippen LogP contribution < -0.4 is 11.1 Å². The van der Waals surface area contributed by atoms with Crippen molar-refractivity contribution in [3.63, 3.8) is 0 Å². The zero-order valence-electron chi connectivity index (χ0n) is 15.4. The molecule has 28 heavy (non-hydrogen) atoms. The average molecular weight is 389 g/mol. The third kappa shape index (κ3) is 3.26. The Bertz CT molecular complexity index is 814. The van der Waals surface area contributed by atoms with Gasteiger partial charge in [0.15, 0.2) is 0 Å². The van der Waals surface area contributed by atoms with Crippen molar-refractivity contribution in [2.45, 2.75) is 31.2 Å². The molecule has 0 radical (unpaired) electrons. The molecule has 7 nitrogen and oxygen atoms in total. The van der Waals surface area contributed by atoms with Gasteiger partial charge in [-0.1, -0.05) is 12.1 Å². The highest BCUT2D eigenvalue weighted by molar-refractivity contribution is 5.89. The van der Waals surface area contributed by atoms with E-state index in [0.717, 1.165) is 12.0 Å². The fraction of sp³-hybridized carbons (Fsp3) is 0.550. The minimum absolute atomic E-state index is 0.116. The highest BCUT2D eigenvalue weighted by Crippen LogP contribution is 2.58. The maximum atomic E-state index is 13.1. The van der Waals surface area contributed by atoms with Crippen LogP contribution >= 0.6 is 0 Å². The fourth-order valence-corrected chi connectivity index (χ4v) is 4.91. The Balaban J connectivity index is 1.43. The lowest BCUT2D eigenvalue weighted by atomic mass is 9.80. The Kier molecular flexibility index (Phi) is 4.61. The first kappa shape index (κ1) is 18.9. The number of hydrogen-bond donors (Lipinski definition) is 3. The number of carbonyl (C=O) groups is 3. The van der Waals surface area contributed by atoms with E-state index in [1.54, 1.807) is 17.0 Å². The molecular formula is C20H24FN3O4. The van der Waals surface area contributed by atoms with E-state index in [0.29, 0.717) is 26.1 Å². The number of nitrogens with two attached hydrogens (primary N) is 1. The number of aliphatic carboxylic acids is 1. The molecule has 0 bridgehead atoms. The van der Waals surface area contributed by atoms with E-state index in [9.17, 15) is 23.9 Å². The molecule has 5 unspecified atom stereocenters. The quantitative estimate of drug-likeness (QED) is 0.702. The summed E-state index contributed by atoms with van der Waals surface area (Å²) in [6, 6.07) is 5.48. The van der Waals surface area contributed by atoms with Crippen molar-refractivity contribution in [3.05, 3.63) is 35.6 Å². The van der Waals surface area contributed by atoms with Gasteiger partial charge in [-0.15, -0.1) is 0 Å². The van der Waals surface area contributed by atoms with Crippen LogP contribution in [0.25, 0.3) is 0 Å². The van der Waals surface area contributed by atoms with Gasteiger partial charge < -0.3 is 21.1 Å². The topological polar surface area (TPSA) is 113 Å². The number of nitrogens with one attached hydrogen (secondary N) is 1. The van der Waals surface area contributed by atoms with Crippen molar-refractivity contribution in [2.75, 3.05) is 19.6 Å². The molecule has 4 N–H and O–H groups in total. The largest absolute Gasteiger partial charge is 0.481 e. The van der Waals surface area contributed by atoms with E-state index >= 15 is 0 Å². The van der Waals surface area contributed by atoms with E-state index in [-0.39, 0.29) is 30.0 Å². The summed E-state index contributed by atoms with van der Waals surface area (Å²) in [5.74, 6) is -3.03. The molecule has 150 valence electrons. The predicted molar refractivity (Wildman–Crippen MR) is 97.6 cm³/mol. The summed E-state index contributed by atoms with van der Waals surface area (Å²) in [7, 11) is 0. The number of primary amides is 1. The molecule has 1 aromatic carbocycles. The number of benzene rings is 1. The van der Waals surface area contributed by atoms with E-state index in [1.807, 2.05) is 0 Å². The first-order valence-electron chi connectivity index (χ1n) is 9.60. The number of carbonyl (C=O) groups excluding carboxylic acids is 2. The van der Waals surface area contributed by atoms with Crippen LogP contribution in [0.5, 0.6) is 0 Å². The van der Waals surface area contributed by atoms with Gasteiger partial charge in [0.1, 0.15) is 11.9 Å². The van der Waals surface area contributed by atoms with E-state index in [2.05, 4.69) is 5.32 Å². The Morgan fingerprint density at radius 1 is 1.21 bits per heavy atom. The number of carboxylic acids is 1. The van der Waals surface area contributed by atoms with Crippen LogP contribution in [-0.2, 0) is 14.4 Å². The maximum Gasteiger partial charge on any atom is 0.308 e. The van der Waals surface area contributed by atoms with Gasteiger partial charge in [-0.05, 0) is 42.4 Å². The molecule has 5 atom stereocenters. The number of halogens is 1. The molecule has 3 aliphatic rings. The van der Waals surface area contributed by atoms with Gasteiger partial charge in [0.05, 0.1) is 5.92 Å². The summed E-state index contributed by atoms with van der Waals surface area (Å²) in [6.45, 7) is 1.46. The Hall–Kier alpha value is -2.48. The first-order chi connectivity index (χ1) is 13.3. The maximum absolute atomic E-state index is 13.1. The number of carboxylic acid groups (broad SMARTS) is 1. The molecular weight excluding hydrogens is 365 g/mol. The van der Waals surface area contributed by atoms with Crippen LogP contribution in [0, 0.1) is 23.1 Å². The zero-order valence-corrected chi connectivity index (χ0v) is 15.4. The van der Waals surface area contributed by atoms with Gasteiger partial charge in [-0.2, -0.15) is 0 Å². The smallest absolute Gasteiger partial charge is 0.308 e. The lowest BCUT2D eigenvalue weighted by molar-refractivity contribution is -0.150. The fourth-order valence-electron chi connectivity index (χ4n) is 4.91. The van der Waals surface area contributed by atoms with Gasteiger partial charge in [-0.3, -0.25) is 14.4 Å². The highest BCUT2D eigenvalue weighted by Gasteiger charge is 2.62. The van der Waals surface area contributed by atoms with Crippen molar-refractivity contribution < 1.29 is 23.9 Å². The van der Waals surface area contributed by atoms with Gasteiger partial charge in [0, 0.05) is 31.5 Å². The van der Waals surface area contributed by atoms with Gasteiger partial charge in [0.25, 0.3) is 0 Å². The van der Waals surface area contributed by atoms with Crippen LogP contribution in [0.4, 0.5) is 4.39 Å². The van der Waals surface area contributed by atoms with Crippen LogP contribution in [0.1, 0.15) is 30.7 Å². The SMILES string of the molecule is NC(=O)C1CC12CNC(C(=O)N1CCC(c3ccc(F)cc3)C1)C(C(=O)O)C2. The first-order valence-corrected chi connectivity index (χ1v) is 9.60. The van der Waals surface area contributed by atoms with E-state index < -0.39 is 29.3 Å². The lowest BCUT2D eigenvalue weighted by Crippen LogP contribution is -2.57. The molecule has 2 heterocycles. The molecule has 4 rings (SSSR count). The lowest BCUT2D eigenvalue weighted by Gasteiger charge is -2.36. The summed E-state index contributed by atoms with van der Waals surface area (Å²) < 4.78 is 13.1. The molecule has 2 amide bonds. The molecule has 8 heteroatoms. The second-order valence-electron chi connectivity index (χ2n) is 8.35. The molecule has 1 aromatic rings. The van der Waals surface area contributed by atoms with Crippen molar-refractivity contribution in [2.24, 2.45) is 23.0 Å². The molecule has 1 aliphatic carbocycles. The van der Waals surface area contributed by atoms with Crippen molar-refractivity contribution in [1.29, 1.82) is 0 Å².